The van der Waals surface area contributed by atoms with Crippen molar-refractivity contribution in [3.63, 3.8) is 0 Å². The Balaban J connectivity index is 2.16. The van der Waals surface area contributed by atoms with Crippen LogP contribution in [0.1, 0.15) is 10.4 Å². The van der Waals surface area contributed by atoms with Crippen molar-refractivity contribution in [2.75, 3.05) is 5.32 Å². The van der Waals surface area contributed by atoms with Crippen molar-refractivity contribution in [1.82, 2.24) is 5.32 Å². The number of hydrogen-bond donors (Lipinski definition) is 2. The van der Waals surface area contributed by atoms with Crippen molar-refractivity contribution in [3.05, 3.63) is 57.6 Å². The predicted octanol–water partition coefficient (Wildman–Crippen LogP) is 6.11. The molecule has 0 aliphatic carbocycles. The maximum absolute atomic E-state index is 13.6. The van der Waals surface area contributed by atoms with Crippen LogP contribution in [0.25, 0.3) is 0 Å². The number of alkyl halides is 6. The smallest absolute Gasteiger partial charge is 0.428 e. The number of rotatable bonds is 5. The topological polar surface area (TPSA) is 67.4 Å². The van der Waals surface area contributed by atoms with Gasteiger partial charge in [-0.2, -0.15) is 22.0 Å². The number of urea groups is 1. The molecule has 0 radical (unpaired) electrons. The third kappa shape index (κ3) is 5.91. The van der Waals surface area contributed by atoms with E-state index >= 15 is 0 Å². The lowest BCUT2D eigenvalue weighted by Crippen LogP contribution is -2.45. The highest BCUT2D eigenvalue weighted by Crippen LogP contribution is 2.41. The van der Waals surface area contributed by atoms with Gasteiger partial charge in [0.05, 0.1) is 15.7 Å². The van der Waals surface area contributed by atoms with Gasteiger partial charge in [-0.1, -0.05) is 29.3 Å². The van der Waals surface area contributed by atoms with E-state index in [2.05, 4.69) is 4.74 Å². The molecule has 0 bridgehead atoms. The number of carbonyl (C=O) groups excluding carboxylic acids is 2. The normalized spacial score (nSPS) is 12.8. The second kappa shape index (κ2) is 9.36. The van der Waals surface area contributed by atoms with E-state index in [9.17, 15) is 44.7 Å². The maximum Gasteiger partial charge on any atom is 0.439 e. The molecule has 1 unspecified atom stereocenters. The van der Waals surface area contributed by atoms with Crippen LogP contribution in [0.5, 0.6) is 5.75 Å². The highest BCUT2D eigenvalue weighted by Gasteiger charge is 2.59. The average Bonchev–Trinajstić information content (AvgIpc) is 2.64. The van der Waals surface area contributed by atoms with Crippen LogP contribution in [0.4, 0.5) is 45.6 Å². The number of nitrogens with one attached hydrogen (secondary N) is 2. The molecule has 2 aromatic rings. The van der Waals surface area contributed by atoms with Crippen molar-refractivity contribution < 1.29 is 49.4 Å². The van der Waals surface area contributed by atoms with E-state index in [4.69, 9.17) is 23.2 Å². The van der Waals surface area contributed by atoms with E-state index < -0.39 is 69.1 Å². The number of ether oxygens (including phenoxy) is 1. The maximum atomic E-state index is 13.6. The van der Waals surface area contributed by atoms with Crippen molar-refractivity contribution in [1.29, 1.82) is 0 Å². The summed E-state index contributed by atoms with van der Waals surface area (Å²) in [4.78, 5) is 23.7. The first-order valence-electron chi connectivity index (χ1n) is 7.96. The van der Waals surface area contributed by atoms with Crippen LogP contribution in [0.15, 0.2) is 30.3 Å². The largest absolute Gasteiger partial charge is 0.439 e. The molecule has 174 valence electrons. The van der Waals surface area contributed by atoms with Gasteiger partial charge < -0.3 is 10.1 Å². The van der Waals surface area contributed by atoms with E-state index in [1.807, 2.05) is 5.32 Å². The third-order valence-corrected chi connectivity index (χ3v) is 4.12. The van der Waals surface area contributed by atoms with Gasteiger partial charge in [-0.3, -0.25) is 10.1 Å². The highest BCUT2D eigenvalue weighted by atomic mass is 35.5. The lowest BCUT2D eigenvalue weighted by molar-refractivity contribution is -0.304. The van der Waals surface area contributed by atoms with Gasteiger partial charge >= 0.3 is 18.3 Å². The van der Waals surface area contributed by atoms with Crippen LogP contribution in [0.2, 0.25) is 10.0 Å². The van der Waals surface area contributed by atoms with Crippen molar-refractivity contribution >= 4 is 40.8 Å². The molecule has 0 aromatic heterocycles. The van der Waals surface area contributed by atoms with Gasteiger partial charge in [0, 0.05) is 6.07 Å². The summed E-state index contributed by atoms with van der Waals surface area (Å²) in [6.45, 7) is 0. The summed E-state index contributed by atoms with van der Waals surface area (Å²) in [5.74, 6) is -5.20. The molecule has 2 rings (SSSR count). The molecule has 0 heterocycles. The van der Waals surface area contributed by atoms with E-state index in [0.717, 1.165) is 18.2 Å². The first-order chi connectivity index (χ1) is 14.6. The zero-order chi connectivity index (χ0) is 24.4. The average molecular weight is 518 g/mol. The molecule has 0 saturated carbocycles. The summed E-state index contributed by atoms with van der Waals surface area (Å²) in [5, 5.41) is 1.99. The second-order valence-electron chi connectivity index (χ2n) is 5.84. The van der Waals surface area contributed by atoms with Crippen LogP contribution in [-0.2, 0) is 0 Å². The van der Waals surface area contributed by atoms with Gasteiger partial charge in [-0.05, 0) is 18.2 Å². The minimum absolute atomic E-state index is 0.439. The Hall–Kier alpha value is -2.80. The Morgan fingerprint density at radius 3 is 2.06 bits per heavy atom. The van der Waals surface area contributed by atoms with E-state index in [0.29, 0.717) is 12.1 Å². The monoisotopic (exact) mass is 517 g/mol. The number of amides is 3. The zero-order valence-corrected chi connectivity index (χ0v) is 16.5. The summed E-state index contributed by atoms with van der Waals surface area (Å²) in [6, 6.07) is 2.15. The Morgan fingerprint density at radius 1 is 0.969 bits per heavy atom. The van der Waals surface area contributed by atoms with Crippen LogP contribution >= 0.6 is 23.2 Å². The molecular formula is C17H8Cl2F8N2O3. The number of hydrogen-bond acceptors (Lipinski definition) is 3. The molecule has 15 heteroatoms. The van der Waals surface area contributed by atoms with Crippen molar-refractivity contribution in [3.8, 4) is 5.75 Å². The quantitative estimate of drug-likeness (QED) is 0.371. The molecule has 0 spiro atoms. The van der Waals surface area contributed by atoms with E-state index in [1.165, 1.54) is 0 Å². The van der Waals surface area contributed by atoms with Gasteiger partial charge in [-0.25, -0.2) is 18.0 Å². The standard InChI is InChI=1S/C17H8Cl2F8N2O3/c18-6-5-11(32-17(26,27)14(22)16(23,24)25)7(19)4-10(6)28-15(31)29-13(30)12-8(20)2-1-3-9(12)21/h1-5,14H,(H2,28,29,30,31)/i1+1,2+1,3+1,8+1,9+1,12+1,13+1. The SMILES string of the molecule is O=C(Nc1cc(Cl)c(OC(F)(F)C(F)C(F)(F)F)cc1Cl)N[13C](=O)[13c]1[13c](F)[13cH][13cH][13cH][13c]1F. The lowest BCUT2D eigenvalue weighted by atomic mass is 10.3. The Kier molecular flexibility index (Phi) is 7.45. The van der Waals surface area contributed by atoms with Crippen LogP contribution in [0.3, 0.4) is 0 Å². The molecule has 0 aliphatic heterocycles. The fraction of sp³-hybridized carbons (Fsp3) is 0.176. The number of halogens is 10. The van der Waals surface area contributed by atoms with Gasteiger partial charge in [0.1, 0.15) is 22.9 Å². The summed E-state index contributed by atoms with van der Waals surface area (Å²) >= 11 is 11.3. The fourth-order valence-electron chi connectivity index (χ4n) is 2.13. The molecule has 0 fully saturated rings. The van der Waals surface area contributed by atoms with Crippen LogP contribution in [0, 0.1) is 11.6 Å². The molecule has 3 amide bonds. The van der Waals surface area contributed by atoms with Gasteiger partial charge in [0.25, 0.3) is 12.1 Å². The van der Waals surface area contributed by atoms with Gasteiger partial charge in [-0.15, -0.1) is 0 Å². The highest BCUT2D eigenvalue weighted by molar-refractivity contribution is 6.36. The van der Waals surface area contributed by atoms with Crippen molar-refractivity contribution in [2.45, 2.75) is 18.5 Å². The minimum atomic E-state index is -5.94. The Bertz CT molecular complexity index is 1030. The summed E-state index contributed by atoms with van der Waals surface area (Å²) in [5.41, 5.74) is -1.55. The van der Waals surface area contributed by atoms with E-state index in [1.54, 1.807) is 5.32 Å². The Morgan fingerprint density at radius 2 is 1.53 bits per heavy atom. The number of anilines is 1. The second-order valence-corrected chi connectivity index (χ2v) is 6.65. The lowest BCUT2D eigenvalue weighted by Gasteiger charge is -2.24. The predicted molar refractivity (Wildman–Crippen MR) is 95.8 cm³/mol. The molecule has 2 N–H and O–H groups in total. The van der Waals surface area contributed by atoms with E-state index in [-0.39, 0.29) is 0 Å². The first kappa shape index (κ1) is 25.5. The molecule has 5 nitrogen and oxygen atoms in total. The van der Waals surface area contributed by atoms with Gasteiger partial charge in [0.15, 0.2) is 0 Å². The number of carbonyl (C=O) groups is 2. The number of benzene rings is 2. The molecular weight excluding hydrogens is 510 g/mol. The zero-order valence-electron chi connectivity index (χ0n) is 15.0. The third-order valence-electron chi connectivity index (χ3n) is 3.52. The molecule has 32 heavy (non-hydrogen) atoms. The summed E-state index contributed by atoms with van der Waals surface area (Å²) in [7, 11) is 0. The first-order valence-corrected chi connectivity index (χ1v) is 8.72. The molecule has 0 aliphatic rings. The van der Waals surface area contributed by atoms with Gasteiger partial charge in [0.2, 0.25) is 0 Å². The fourth-order valence-corrected chi connectivity index (χ4v) is 2.53. The molecule has 0 saturated heterocycles. The molecule has 1 atom stereocenters. The molecule has 2 aromatic carbocycles. The summed E-state index contributed by atoms with van der Waals surface area (Å²) in [6.07, 6.45) is -16.0. The van der Waals surface area contributed by atoms with Crippen LogP contribution in [-0.4, -0.2) is 30.4 Å². The van der Waals surface area contributed by atoms with Crippen LogP contribution < -0.4 is 15.4 Å². The minimum Gasteiger partial charge on any atom is -0.428 e. The number of imide groups is 1. The summed E-state index contributed by atoms with van der Waals surface area (Å²) < 4.78 is 107. The Labute approximate surface area is 183 Å². The van der Waals surface area contributed by atoms with Crippen molar-refractivity contribution in [2.24, 2.45) is 0 Å².